The van der Waals surface area contributed by atoms with E-state index in [1.165, 1.54) is 51.6 Å². The van der Waals surface area contributed by atoms with Crippen molar-refractivity contribution >= 4 is 0 Å². The fraction of sp³-hybridized carbons (Fsp3) is 0.733. The number of hydrogen-bond acceptors (Lipinski definition) is 3. The van der Waals surface area contributed by atoms with Crippen LogP contribution in [0.25, 0.3) is 0 Å². The molecule has 0 bridgehead atoms. The van der Waals surface area contributed by atoms with Gasteiger partial charge in [-0.3, -0.25) is 4.90 Å². The van der Waals surface area contributed by atoms with Gasteiger partial charge in [-0.15, -0.1) is 0 Å². The van der Waals surface area contributed by atoms with Crippen molar-refractivity contribution in [3.63, 3.8) is 0 Å². The molecule has 1 aromatic rings. The minimum absolute atomic E-state index is 0.683. The largest absolute Gasteiger partial charge is 0.468 e. The SMILES string of the molecule is c1coc(CN(CC2CCCCCN2)C2CC2)c1. The van der Waals surface area contributed by atoms with Gasteiger partial charge in [-0.25, -0.2) is 0 Å². The fourth-order valence-electron chi connectivity index (χ4n) is 2.92. The molecule has 1 aliphatic heterocycles. The highest BCUT2D eigenvalue weighted by atomic mass is 16.3. The molecule has 2 heterocycles. The lowest BCUT2D eigenvalue weighted by Crippen LogP contribution is -2.41. The highest BCUT2D eigenvalue weighted by molar-refractivity contribution is 5.00. The third-order valence-corrected chi connectivity index (χ3v) is 4.12. The van der Waals surface area contributed by atoms with Crippen LogP contribution in [-0.4, -0.2) is 30.1 Å². The van der Waals surface area contributed by atoms with Crippen LogP contribution in [0.3, 0.4) is 0 Å². The van der Waals surface area contributed by atoms with Crippen molar-refractivity contribution in [3.05, 3.63) is 24.2 Å². The van der Waals surface area contributed by atoms with Crippen LogP contribution in [0.5, 0.6) is 0 Å². The first-order chi connectivity index (χ1) is 8.92. The van der Waals surface area contributed by atoms with Crippen molar-refractivity contribution in [1.29, 1.82) is 0 Å². The summed E-state index contributed by atoms with van der Waals surface area (Å²) in [4.78, 5) is 2.61. The fourth-order valence-corrected chi connectivity index (χ4v) is 2.92. The maximum Gasteiger partial charge on any atom is 0.117 e. The summed E-state index contributed by atoms with van der Waals surface area (Å²) in [5.74, 6) is 1.11. The van der Waals surface area contributed by atoms with E-state index in [1.807, 2.05) is 6.07 Å². The first-order valence-electron chi connectivity index (χ1n) is 7.41. The monoisotopic (exact) mass is 248 g/mol. The van der Waals surface area contributed by atoms with Gasteiger partial charge in [0, 0.05) is 18.6 Å². The van der Waals surface area contributed by atoms with Crippen molar-refractivity contribution in [2.45, 2.75) is 57.2 Å². The zero-order chi connectivity index (χ0) is 12.2. The Morgan fingerprint density at radius 1 is 1.22 bits per heavy atom. The van der Waals surface area contributed by atoms with Gasteiger partial charge in [-0.2, -0.15) is 0 Å². The van der Waals surface area contributed by atoms with Crippen molar-refractivity contribution in [1.82, 2.24) is 10.2 Å². The number of rotatable bonds is 5. The summed E-state index contributed by atoms with van der Waals surface area (Å²) in [6, 6.07) is 5.57. The van der Waals surface area contributed by atoms with Crippen molar-refractivity contribution < 1.29 is 4.42 Å². The number of nitrogens with one attached hydrogen (secondary N) is 1. The maximum absolute atomic E-state index is 5.49. The second-order valence-electron chi connectivity index (χ2n) is 5.74. The summed E-state index contributed by atoms with van der Waals surface area (Å²) in [7, 11) is 0. The molecule has 1 saturated carbocycles. The molecule has 3 heteroatoms. The first kappa shape index (κ1) is 12.2. The molecule has 2 aliphatic rings. The molecule has 1 aliphatic carbocycles. The van der Waals surface area contributed by atoms with Crippen LogP contribution in [0.4, 0.5) is 0 Å². The molecule has 3 rings (SSSR count). The molecular weight excluding hydrogens is 224 g/mol. The molecule has 1 aromatic heterocycles. The molecule has 1 unspecified atom stereocenters. The minimum atomic E-state index is 0.683. The standard InChI is InChI=1S/C15H24N2O/c1-2-5-13(16-9-3-1)11-17(14-7-8-14)12-15-6-4-10-18-15/h4,6,10,13-14,16H,1-3,5,7-9,11-12H2. The first-order valence-corrected chi connectivity index (χ1v) is 7.41. The minimum Gasteiger partial charge on any atom is -0.468 e. The van der Waals surface area contributed by atoms with Gasteiger partial charge in [-0.05, 0) is 44.4 Å². The predicted molar refractivity (Wildman–Crippen MR) is 72.4 cm³/mol. The highest BCUT2D eigenvalue weighted by Crippen LogP contribution is 2.29. The van der Waals surface area contributed by atoms with Crippen molar-refractivity contribution in [2.75, 3.05) is 13.1 Å². The molecule has 1 saturated heterocycles. The Bertz CT molecular complexity index is 337. The van der Waals surface area contributed by atoms with E-state index in [9.17, 15) is 0 Å². The normalized spacial score (nSPS) is 25.3. The lowest BCUT2D eigenvalue weighted by atomic mass is 10.1. The van der Waals surface area contributed by atoms with Gasteiger partial charge in [0.15, 0.2) is 0 Å². The van der Waals surface area contributed by atoms with Crippen molar-refractivity contribution in [3.8, 4) is 0 Å². The molecule has 1 atom stereocenters. The van der Waals surface area contributed by atoms with E-state index in [-0.39, 0.29) is 0 Å². The molecule has 1 N–H and O–H groups in total. The molecular formula is C15H24N2O. The Morgan fingerprint density at radius 3 is 2.94 bits per heavy atom. The van der Waals surface area contributed by atoms with Crippen LogP contribution in [0.15, 0.2) is 22.8 Å². The second kappa shape index (κ2) is 5.89. The van der Waals surface area contributed by atoms with Crippen molar-refractivity contribution in [2.24, 2.45) is 0 Å². The summed E-state index contributed by atoms with van der Waals surface area (Å²) in [6.07, 6.45) is 9.98. The van der Waals surface area contributed by atoms with Crippen LogP contribution >= 0.6 is 0 Å². The van der Waals surface area contributed by atoms with Gasteiger partial charge in [0.05, 0.1) is 12.8 Å². The molecule has 0 amide bonds. The Kier molecular flexibility index (Phi) is 4.01. The van der Waals surface area contributed by atoms with Crippen LogP contribution in [-0.2, 0) is 6.54 Å². The van der Waals surface area contributed by atoms with E-state index in [0.29, 0.717) is 6.04 Å². The Morgan fingerprint density at radius 2 is 2.17 bits per heavy atom. The summed E-state index contributed by atoms with van der Waals surface area (Å²) < 4.78 is 5.49. The van der Waals surface area contributed by atoms with Crippen LogP contribution in [0, 0.1) is 0 Å². The van der Waals surface area contributed by atoms with E-state index in [0.717, 1.165) is 18.3 Å². The summed E-state index contributed by atoms with van der Waals surface area (Å²) in [5.41, 5.74) is 0. The van der Waals surface area contributed by atoms with Crippen LogP contribution in [0.1, 0.15) is 44.3 Å². The van der Waals surface area contributed by atoms with E-state index >= 15 is 0 Å². The highest BCUT2D eigenvalue weighted by Gasteiger charge is 2.31. The van der Waals surface area contributed by atoms with E-state index in [2.05, 4.69) is 16.3 Å². The molecule has 3 nitrogen and oxygen atoms in total. The van der Waals surface area contributed by atoms with Gasteiger partial charge < -0.3 is 9.73 Å². The average molecular weight is 248 g/mol. The third-order valence-electron chi connectivity index (χ3n) is 4.12. The number of nitrogens with zero attached hydrogens (tertiary/aromatic N) is 1. The predicted octanol–water partition coefficient (Wildman–Crippen LogP) is 2.78. The number of furan rings is 1. The van der Waals surface area contributed by atoms with Gasteiger partial charge >= 0.3 is 0 Å². The molecule has 100 valence electrons. The summed E-state index contributed by atoms with van der Waals surface area (Å²) in [5, 5.41) is 3.70. The Labute approximate surface area is 110 Å². The number of hydrogen-bond donors (Lipinski definition) is 1. The van der Waals surface area contributed by atoms with E-state index in [4.69, 9.17) is 4.42 Å². The third kappa shape index (κ3) is 3.36. The summed E-state index contributed by atoms with van der Waals surface area (Å²) in [6.45, 7) is 3.37. The van der Waals surface area contributed by atoms with Crippen LogP contribution in [0.2, 0.25) is 0 Å². The van der Waals surface area contributed by atoms with E-state index < -0.39 is 0 Å². The average Bonchev–Trinajstić information content (AvgIpc) is 3.14. The van der Waals surface area contributed by atoms with Gasteiger partial charge in [0.2, 0.25) is 0 Å². The zero-order valence-corrected chi connectivity index (χ0v) is 11.1. The van der Waals surface area contributed by atoms with Crippen LogP contribution < -0.4 is 5.32 Å². The lowest BCUT2D eigenvalue weighted by Gasteiger charge is -2.26. The topological polar surface area (TPSA) is 28.4 Å². The molecule has 0 radical (unpaired) electrons. The van der Waals surface area contributed by atoms with Gasteiger partial charge in [-0.1, -0.05) is 12.8 Å². The summed E-state index contributed by atoms with van der Waals surface area (Å²) >= 11 is 0. The van der Waals surface area contributed by atoms with Gasteiger partial charge in [0.25, 0.3) is 0 Å². The maximum atomic E-state index is 5.49. The zero-order valence-electron chi connectivity index (χ0n) is 11.1. The quantitative estimate of drug-likeness (QED) is 0.868. The molecule has 0 aromatic carbocycles. The lowest BCUT2D eigenvalue weighted by molar-refractivity contribution is 0.206. The smallest absolute Gasteiger partial charge is 0.117 e. The molecule has 2 fully saturated rings. The second-order valence-corrected chi connectivity index (χ2v) is 5.74. The Balaban J connectivity index is 1.56. The van der Waals surface area contributed by atoms with Gasteiger partial charge in [0.1, 0.15) is 5.76 Å². The Hall–Kier alpha value is -0.800. The van der Waals surface area contributed by atoms with E-state index in [1.54, 1.807) is 6.26 Å². The molecule has 18 heavy (non-hydrogen) atoms. The molecule has 0 spiro atoms.